The molecule has 2 aromatic carbocycles. The minimum atomic E-state index is -0.320. The fourth-order valence-electron chi connectivity index (χ4n) is 2.92. The van der Waals surface area contributed by atoms with Crippen molar-refractivity contribution in [3.8, 4) is 5.69 Å². The summed E-state index contributed by atoms with van der Waals surface area (Å²) in [6, 6.07) is 17.7. The van der Waals surface area contributed by atoms with Crippen molar-refractivity contribution in [3.63, 3.8) is 0 Å². The molecule has 0 fully saturated rings. The first-order valence-electron chi connectivity index (χ1n) is 8.83. The van der Waals surface area contributed by atoms with E-state index in [-0.39, 0.29) is 30.8 Å². The highest BCUT2D eigenvalue weighted by molar-refractivity contribution is 5.92. The molecule has 0 saturated carbocycles. The van der Waals surface area contributed by atoms with Gasteiger partial charge in [0.1, 0.15) is 5.82 Å². The third-order valence-electron chi connectivity index (χ3n) is 4.40. The van der Waals surface area contributed by atoms with Crippen LogP contribution in [0.5, 0.6) is 0 Å². The number of para-hydroxylation sites is 1. The average molecular weight is 367 g/mol. The van der Waals surface area contributed by atoms with E-state index in [1.165, 1.54) is 6.07 Å². The lowest BCUT2D eigenvalue weighted by molar-refractivity contribution is 0.0934. The van der Waals surface area contributed by atoms with Crippen LogP contribution in [0.4, 0.5) is 4.39 Å². The Morgan fingerprint density at radius 3 is 2.59 bits per heavy atom. The summed E-state index contributed by atoms with van der Waals surface area (Å²) in [5, 5.41) is 16.7. The number of amides is 1. The zero-order chi connectivity index (χ0) is 19.2. The van der Waals surface area contributed by atoms with Crippen LogP contribution in [0.3, 0.4) is 0 Å². The van der Waals surface area contributed by atoms with Gasteiger partial charge < -0.3 is 10.4 Å². The van der Waals surface area contributed by atoms with Gasteiger partial charge in [-0.05, 0) is 43.2 Å². The van der Waals surface area contributed by atoms with Crippen LogP contribution in [-0.2, 0) is 6.42 Å². The zero-order valence-electron chi connectivity index (χ0n) is 15.1. The number of hydrogen-bond acceptors (Lipinski definition) is 3. The van der Waals surface area contributed by atoms with Crippen molar-refractivity contribution in [2.45, 2.75) is 13.3 Å². The Labute approximate surface area is 157 Å². The summed E-state index contributed by atoms with van der Waals surface area (Å²) < 4.78 is 15.5. The number of nitrogens with one attached hydrogen (secondary N) is 1. The first-order valence-corrected chi connectivity index (χ1v) is 8.83. The topological polar surface area (TPSA) is 67.2 Å². The summed E-state index contributed by atoms with van der Waals surface area (Å²) in [6.45, 7) is 1.97. The van der Waals surface area contributed by atoms with Gasteiger partial charge in [-0.25, -0.2) is 9.07 Å². The standard InChI is InChI=1S/C21H22FN3O2/c1-15-11-20(24-25(15)18-8-3-2-4-9-18)21(27)23-13-16(14-26)12-17-7-5-6-10-19(17)22/h2-11,16,26H,12-14H2,1H3,(H,23,27). The number of halogens is 1. The lowest BCUT2D eigenvalue weighted by Gasteiger charge is -2.15. The number of carbonyl (C=O) groups excluding carboxylic acids is 1. The van der Waals surface area contributed by atoms with Crippen molar-refractivity contribution in [2.75, 3.05) is 13.2 Å². The van der Waals surface area contributed by atoms with E-state index in [4.69, 9.17) is 0 Å². The van der Waals surface area contributed by atoms with Gasteiger partial charge in [-0.15, -0.1) is 0 Å². The highest BCUT2D eigenvalue weighted by atomic mass is 19.1. The molecular weight excluding hydrogens is 345 g/mol. The molecule has 0 aliphatic carbocycles. The molecule has 1 aromatic heterocycles. The van der Waals surface area contributed by atoms with E-state index < -0.39 is 0 Å². The number of nitrogens with zero attached hydrogens (tertiary/aromatic N) is 2. The molecule has 0 saturated heterocycles. The van der Waals surface area contributed by atoms with Gasteiger partial charge in [0.25, 0.3) is 5.91 Å². The van der Waals surface area contributed by atoms with Crippen LogP contribution in [0.25, 0.3) is 5.69 Å². The van der Waals surface area contributed by atoms with Crippen molar-refractivity contribution in [2.24, 2.45) is 5.92 Å². The average Bonchev–Trinajstić information content (AvgIpc) is 3.09. The van der Waals surface area contributed by atoms with E-state index in [9.17, 15) is 14.3 Å². The number of aryl methyl sites for hydroxylation is 1. The number of aromatic nitrogens is 2. The van der Waals surface area contributed by atoms with Gasteiger partial charge in [-0.2, -0.15) is 5.10 Å². The lowest BCUT2D eigenvalue weighted by Crippen LogP contribution is -2.32. The molecule has 1 atom stereocenters. The van der Waals surface area contributed by atoms with Crippen molar-refractivity contribution in [1.82, 2.24) is 15.1 Å². The molecule has 27 heavy (non-hydrogen) atoms. The predicted molar refractivity (Wildman–Crippen MR) is 101 cm³/mol. The number of aliphatic hydroxyl groups excluding tert-OH is 1. The third-order valence-corrected chi connectivity index (χ3v) is 4.40. The number of hydrogen-bond donors (Lipinski definition) is 2. The Kier molecular flexibility index (Phi) is 5.98. The van der Waals surface area contributed by atoms with Crippen molar-refractivity contribution in [3.05, 3.63) is 83.4 Å². The highest BCUT2D eigenvalue weighted by Gasteiger charge is 2.16. The Balaban J connectivity index is 1.64. The van der Waals surface area contributed by atoms with E-state index in [1.807, 2.05) is 37.3 Å². The van der Waals surface area contributed by atoms with Gasteiger partial charge in [0.15, 0.2) is 5.69 Å². The van der Waals surface area contributed by atoms with Gasteiger partial charge in [-0.3, -0.25) is 4.79 Å². The molecular formula is C21H22FN3O2. The smallest absolute Gasteiger partial charge is 0.271 e. The normalized spacial score (nSPS) is 12.0. The number of benzene rings is 2. The molecule has 0 aliphatic rings. The quantitative estimate of drug-likeness (QED) is 0.675. The van der Waals surface area contributed by atoms with E-state index in [2.05, 4.69) is 10.4 Å². The van der Waals surface area contributed by atoms with Gasteiger partial charge in [0, 0.05) is 24.8 Å². The third kappa shape index (κ3) is 4.60. The first-order chi connectivity index (χ1) is 13.1. The van der Waals surface area contributed by atoms with E-state index in [0.717, 1.165) is 11.4 Å². The summed E-state index contributed by atoms with van der Waals surface area (Å²) in [6.07, 6.45) is 0.348. The number of carbonyl (C=O) groups is 1. The molecule has 3 aromatic rings. The zero-order valence-corrected chi connectivity index (χ0v) is 15.1. The maximum atomic E-state index is 13.8. The summed E-state index contributed by atoms with van der Waals surface area (Å²) in [5.74, 6) is -0.901. The maximum Gasteiger partial charge on any atom is 0.271 e. The van der Waals surface area contributed by atoms with Crippen molar-refractivity contribution in [1.29, 1.82) is 0 Å². The Morgan fingerprint density at radius 1 is 1.19 bits per heavy atom. The van der Waals surface area contributed by atoms with Gasteiger partial charge in [-0.1, -0.05) is 36.4 Å². The van der Waals surface area contributed by atoms with Crippen molar-refractivity contribution >= 4 is 5.91 Å². The molecule has 0 radical (unpaired) electrons. The van der Waals surface area contributed by atoms with Crippen LogP contribution in [0.15, 0.2) is 60.7 Å². The van der Waals surface area contributed by atoms with Gasteiger partial charge in [0.05, 0.1) is 5.69 Å². The summed E-state index contributed by atoms with van der Waals surface area (Å²) in [4.78, 5) is 12.4. The summed E-state index contributed by atoms with van der Waals surface area (Å²) >= 11 is 0. The second-order valence-corrected chi connectivity index (χ2v) is 6.47. The van der Waals surface area contributed by atoms with Crippen LogP contribution >= 0.6 is 0 Å². The van der Waals surface area contributed by atoms with E-state index in [0.29, 0.717) is 17.7 Å². The molecule has 1 amide bonds. The molecule has 1 heterocycles. The summed E-state index contributed by atoms with van der Waals surface area (Å²) in [7, 11) is 0. The second kappa shape index (κ2) is 8.60. The van der Waals surface area contributed by atoms with Crippen LogP contribution < -0.4 is 5.32 Å². The number of aliphatic hydroxyl groups is 1. The second-order valence-electron chi connectivity index (χ2n) is 6.47. The summed E-state index contributed by atoms with van der Waals surface area (Å²) in [5.41, 5.74) is 2.55. The molecule has 0 bridgehead atoms. The van der Waals surface area contributed by atoms with Gasteiger partial charge in [0.2, 0.25) is 0 Å². The fraction of sp³-hybridized carbons (Fsp3) is 0.238. The van der Waals surface area contributed by atoms with E-state index >= 15 is 0 Å². The molecule has 6 heteroatoms. The SMILES string of the molecule is Cc1cc(C(=O)NCC(CO)Cc2ccccc2F)nn1-c1ccccc1. The molecule has 0 aliphatic heterocycles. The number of rotatable bonds is 7. The molecule has 140 valence electrons. The molecule has 2 N–H and O–H groups in total. The van der Waals surface area contributed by atoms with Crippen LogP contribution in [0, 0.1) is 18.7 Å². The molecule has 0 spiro atoms. The van der Waals surface area contributed by atoms with Crippen molar-refractivity contribution < 1.29 is 14.3 Å². The van der Waals surface area contributed by atoms with Crippen LogP contribution in [-0.4, -0.2) is 33.9 Å². The maximum absolute atomic E-state index is 13.8. The largest absolute Gasteiger partial charge is 0.396 e. The Hall–Kier alpha value is -2.99. The van der Waals surface area contributed by atoms with E-state index in [1.54, 1.807) is 28.9 Å². The highest BCUT2D eigenvalue weighted by Crippen LogP contribution is 2.14. The van der Waals surface area contributed by atoms with Crippen LogP contribution in [0.1, 0.15) is 21.7 Å². The molecule has 3 rings (SSSR count). The molecule has 5 nitrogen and oxygen atoms in total. The Bertz CT molecular complexity index is 909. The Morgan fingerprint density at radius 2 is 1.89 bits per heavy atom. The first kappa shape index (κ1) is 18.8. The van der Waals surface area contributed by atoms with Crippen LogP contribution in [0.2, 0.25) is 0 Å². The predicted octanol–water partition coefficient (Wildman–Crippen LogP) is 2.90. The lowest BCUT2D eigenvalue weighted by atomic mass is 9.99. The minimum Gasteiger partial charge on any atom is -0.396 e. The minimum absolute atomic E-state index is 0.147. The van der Waals surface area contributed by atoms with Gasteiger partial charge >= 0.3 is 0 Å². The molecule has 1 unspecified atom stereocenters. The monoisotopic (exact) mass is 367 g/mol. The fourth-order valence-corrected chi connectivity index (χ4v) is 2.92.